The zero-order chi connectivity index (χ0) is 13.3. The molecule has 100 valence electrons. The van der Waals surface area contributed by atoms with Crippen LogP contribution in [0.1, 0.15) is 25.2 Å². The molecule has 3 rings (SSSR count). The first kappa shape index (κ1) is 12.6. The molecule has 0 atom stereocenters. The summed E-state index contributed by atoms with van der Waals surface area (Å²) in [4.78, 5) is 8.56. The van der Waals surface area contributed by atoms with Gasteiger partial charge in [-0.2, -0.15) is 4.98 Å². The van der Waals surface area contributed by atoms with Crippen LogP contribution in [0.25, 0.3) is 11.5 Å². The van der Waals surface area contributed by atoms with E-state index in [4.69, 9.17) is 21.9 Å². The Morgan fingerprint density at radius 1 is 1.37 bits per heavy atom. The highest BCUT2D eigenvalue weighted by atomic mass is 35.5. The SMILES string of the molecule is NCC1(Cc2nc(-c3ccc(Cl)cn3)no2)CCC1. The largest absolute Gasteiger partial charge is 0.339 e. The summed E-state index contributed by atoms with van der Waals surface area (Å²) in [7, 11) is 0. The summed E-state index contributed by atoms with van der Waals surface area (Å²) < 4.78 is 5.29. The van der Waals surface area contributed by atoms with Crippen LogP contribution in [-0.2, 0) is 6.42 Å². The fraction of sp³-hybridized carbons (Fsp3) is 0.462. The molecule has 1 fully saturated rings. The Morgan fingerprint density at radius 2 is 2.21 bits per heavy atom. The standard InChI is InChI=1S/C13H15ClN4O/c14-9-2-3-10(16-7-9)12-17-11(19-18-12)6-13(8-15)4-1-5-13/h2-3,7H,1,4-6,8,15H2. The predicted octanol–water partition coefficient (Wildman–Crippen LogP) is 2.46. The number of hydrogen-bond donors (Lipinski definition) is 1. The van der Waals surface area contributed by atoms with E-state index in [9.17, 15) is 0 Å². The molecular weight excluding hydrogens is 264 g/mol. The van der Waals surface area contributed by atoms with Gasteiger partial charge in [0.15, 0.2) is 0 Å². The van der Waals surface area contributed by atoms with Crippen molar-refractivity contribution in [2.24, 2.45) is 11.1 Å². The quantitative estimate of drug-likeness (QED) is 0.929. The smallest absolute Gasteiger partial charge is 0.227 e. The highest BCUT2D eigenvalue weighted by Crippen LogP contribution is 2.42. The Morgan fingerprint density at radius 3 is 2.79 bits per heavy atom. The van der Waals surface area contributed by atoms with Gasteiger partial charge in [-0.1, -0.05) is 23.2 Å². The first-order chi connectivity index (χ1) is 9.21. The average Bonchev–Trinajstić information content (AvgIpc) is 2.83. The number of halogens is 1. The Hall–Kier alpha value is -1.46. The third-order valence-corrected chi connectivity index (χ3v) is 4.02. The lowest BCUT2D eigenvalue weighted by atomic mass is 9.67. The van der Waals surface area contributed by atoms with Crippen molar-refractivity contribution >= 4 is 11.6 Å². The van der Waals surface area contributed by atoms with E-state index in [1.807, 2.05) is 0 Å². The van der Waals surface area contributed by atoms with Crippen LogP contribution in [0, 0.1) is 5.41 Å². The van der Waals surface area contributed by atoms with Crippen LogP contribution in [0.5, 0.6) is 0 Å². The molecular formula is C13H15ClN4O. The molecule has 0 aromatic carbocycles. The van der Waals surface area contributed by atoms with Gasteiger partial charge in [0.25, 0.3) is 0 Å². The minimum atomic E-state index is 0.164. The number of aromatic nitrogens is 3. The molecule has 2 aromatic heterocycles. The number of nitrogens with two attached hydrogens (primary N) is 1. The van der Waals surface area contributed by atoms with E-state index in [0.717, 1.165) is 19.3 Å². The van der Waals surface area contributed by atoms with Gasteiger partial charge in [0, 0.05) is 12.6 Å². The van der Waals surface area contributed by atoms with Crippen LogP contribution in [-0.4, -0.2) is 21.7 Å². The highest BCUT2D eigenvalue weighted by molar-refractivity contribution is 6.30. The summed E-state index contributed by atoms with van der Waals surface area (Å²) in [5.74, 6) is 1.13. The molecule has 0 aliphatic heterocycles. The van der Waals surface area contributed by atoms with Crippen LogP contribution >= 0.6 is 11.6 Å². The van der Waals surface area contributed by atoms with Gasteiger partial charge in [-0.15, -0.1) is 0 Å². The average molecular weight is 279 g/mol. The second-order valence-corrected chi connectivity index (χ2v) is 5.54. The Kier molecular flexibility index (Phi) is 3.24. The molecule has 1 saturated carbocycles. The third-order valence-electron chi connectivity index (χ3n) is 3.80. The van der Waals surface area contributed by atoms with E-state index < -0.39 is 0 Å². The molecule has 6 heteroatoms. The van der Waals surface area contributed by atoms with Gasteiger partial charge in [-0.25, -0.2) is 0 Å². The summed E-state index contributed by atoms with van der Waals surface area (Å²) in [5.41, 5.74) is 6.66. The molecule has 2 heterocycles. The Labute approximate surface area is 116 Å². The van der Waals surface area contributed by atoms with Crippen LogP contribution < -0.4 is 5.73 Å². The molecule has 0 amide bonds. The summed E-state index contributed by atoms with van der Waals surface area (Å²) in [5, 5.41) is 4.55. The predicted molar refractivity (Wildman–Crippen MR) is 71.6 cm³/mol. The normalized spacial score (nSPS) is 17.2. The minimum absolute atomic E-state index is 0.164. The van der Waals surface area contributed by atoms with E-state index >= 15 is 0 Å². The third kappa shape index (κ3) is 2.48. The van der Waals surface area contributed by atoms with Crippen molar-refractivity contribution in [3.05, 3.63) is 29.2 Å². The number of hydrogen-bond acceptors (Lipinski definition) is 5. The van der Waals surface area contributed by atoms with Crippen LogP contribution in [0.15, 0.2) is 22.9 Å². The zero-order valence-corrected chi connectivity index (χ0v) is 11.2. The molecule has 2 N–H and O–H groups in total. The number of nitrogens with zero attached hydrogens (tertiary/aromatic N) is 3. The van der Waals surface area contributed by atoms with Gasteiger partial charge in [-0.05, 0) is 36.9 Å². The highest BCUT2D eigenvalue weighted by Gasteiger charge is 2.37. The summed E-state index contributed by atoms with van der Waals surface area (Å²) in [6, 6.07) is 3.53. The van der Waals surface area contributed by atoms with Gasteiger partial charge < -0.3 is 10.3 Å². The van der Waals surface area contributed by atoms with Crippen molar-refractivity contribution in [3.63, 3.8) is 0 Å². The van der Waals surface area contributed by atoms with Gasteiger partial charge in [0.05, 0.1) is 5.02 Å². The molecule has 19 heavy (non-hydrogen) atoms. The molecule has 5 nitrogen and oxygen atoms in total. The summed E-state index contributed by atoms with van der Waals surface area (Å²) in [6.07, 6.45) is 5.84. The van der Waals surface area contributed by atoms with Gasteiger partial charge in [0.1, 0.15) is 5.69 Å². The lowest BCUT2D eigenvalue weighted by Gasteiger charge is -2.39. The molecule has 0 spiro atoms. The lowest BCUT2D eigenvalue weighted by Crippen LogP contribution is -2.39. The van der Waals surface area contributed by atoms with Crippen molar-refractivity contribution in [1.82, 2.24) is 15.1 Å². The molecule has 0 bridgehead atoms. The van der Waals surface area contributed by atoms with Crippen LogP contribution in [0.3, 0.4) is 0 Å². The molecule has 0 radical (unpaired) electrons. The van der Waals surface area contributed by atoms with Crippen molar-refractivity contribution in [1.29, 1.82) is 0 Å². The fourth-order valence-corrected chi connectivity index (χ4v) is 2.50. The molecule has 0 saturated heterocycles. The van der Waals surface area contributed by atoms with Gasteiger partial charge in [-0.3, -0.25) is 4.98 Å². The molecule has 2 aromatic rings. The van der Waals surface area contributed by atoms with Gasteiger partial charge in [0.2, 0.25) is 11.7 Å². The topological polar surface area (TPSA) is 77.8 Å². The van der Waals surface area contributed by atoms with Crippen molar-refractivity contribution in [3.8, 4) is 11.5 Å². The monoisotopic (exact) mass is 278 g/mol. The second-order valence-electron chi connectivity index (χ2n) is 5.11. The van der Waals surface area contributed by atoms with Crippen LogP contribution in [0.2, 0.25) is 5.02 Å². The van der Waals surface area contributed by atoms with E-state index in [-0.39, 0.29) is 5.41 Å². The molecule has 1 aliphatic carbocycles. The maximum absolute atomic E-state index is 5.83. The van der Waals surface area contributed by atoms with Gasteiger partial charge >= 0.3 is 0 Å². The minimum Gasteiger partial charge on any atom is -0.339 e. The number of rotatable bonds is 4. The summed E-state index contributed by atoms with van der Waals surface area (Å²) >= 11 is 5.80. The summed E-state index contributed by atoms with van der Waals surface area (Å²) in [6.45, 7) is 0.671. The maximum atomic E-state index is 5.83. The van der Waals surface area contributed by atoms with Crippen molar-refractivity contribution < 1.29 is 4.52 Å². The Bertz CT molecular complexity index is 557. The molecule has 1 aliphatic rings. The van der Waals surface area contributed by atoms with E-state index in [2.05, 4.69) is 15.1 Å². The van der Waals surface area contributed by atoms with E-state index in [1.54, 1.807) is 18.3 Å². The van der Waals surface area contributed by atoms with E-state index in [1.165, 1.54) is 6.42 Å². The first-order valence-corrected chi connectivity index (χ1v) is 6.73. The number of pyridine rings is 1. The zero-order valence-electron chi connectivity index (χ0n) is 10.5. The first-order valence-electron chi connectivity index (χ1n) is 6.35. The molecule has 0 unspecified atom stereocenters. The Balaban J connectivity index is 1.77. The van der Waals surface area contributed by atoms with Crippen LogP contribution in [0.4, 0.5) is 0 Å². The lowest BCUT2D eigenvalue weighted by molar-refractivity contribution is 0.129. The van der Waals surface area contributed by atoms with Crippen molar-refractivity contribution in [2.45, 2.75) is 25.7 Å². The maximum Gasteiger partial charge on any atom is 0.227 e. The van der Waals surface area contributed by atoms with E-state index in [0.29, 0.717) is 29.0 Å². The van der Waals surface area contributed by atoms with Crippen molar-refractivity contribution in [2.75, 3.05) is 6.54 Å². The fourth-order valence-electron chi connectivity index (χ4n) is 2.39. The second kappa shape index (κ2) is 4.90.